The molecule has 1 aromatic carbocycles. The molecule has 2 N–H and O–H groups in total. The average molecular weight is 305 g/mol. The quantitative estimate of drug-likeness (QED) is 0.526. The minimum absolute atomic E-state index is 0.392. The van der Waals surface area contributed by atoms with Crippen LogP contribution in [0.25, 0.3) is 0 Å². The van der Waals surface area contributed by atoms with Gasteiger partial charge in [0.1, 0.15) is 23.1 Å². The lowest BCUT2D eigenvalue weighted by molar-refractivity contribution is -0.384. The fourth-order valence-corrected chi connectivity index (χ4v) is 2.31. The van der Waals surface area contributed by atoms with E-state index in [1.54, 1.807) is 0 Å². The fourth-order valence-electron chi connectivity index (χ4n) is 2.31. The number of likely N-dealkylation sites (N-methyl/N-ethyl adjacent to an activating group) is 1. The first-order chi connectivity index (χ1) is 9.70. The highest BCUT2D eigenvalue weighted by Crippen LogP contribution is 2.44. The monoisotopic (exact) mass is 305 g/mol. The Morgan fingerprint density at radius 3 is 2.62 bits per heavy atom. The molecule has 0 aliphatic carbocycles. The summed E-state index contributed by atoms with van der Waals surface area (Å²) in [6, 6.07) is 1.88. The summed E-state index contributed by atoms with van der Waals surface area (Å²) in [4.78, 5) is 11.7. The molecule has 0 saturated carbocycles. The normalized spacial score (nSPS) is 19.7. The van der Waals surface area contributed by atoms with Gasteiger partial charge in [-0.2, -0.15) is 13.2 Å². The number of nitrogens with two attached hydrogens (primary N) is 1. The molecule has 6 nitrogen and oxygen atoms in total. The number of alkyl halides is 3. The van der Waals surface area contributed by atoms with Crippen LogP contribution in [-0.4, -0.2) is 36.1 Å². The number of nitro benzene ring substituents is 1. The van der Waals surface area contributed by atoms with Crippen molar-refractivity contribution in [2.75, 3.05) is 25.9 Å². The number of nitrogen functional groups attached to an aromatic ring is 1. The Hall–Kier alpha value is -2.03. The van der Waals surface area contributed by atoms with Gasteiger partial charge in [-0.05, 0) is 19.5 Å². The number of likely N-dealkylation sites (tertiary alicyclic amines) is 1. The Kier molecular flexibility index (Phi) is 3.95. The summed E-state index contributed by atoms with van der Waals surface area (Å²) in [5.41, 5.74) is 2.34. The van der Waals surface area contributed by atoms with Gasteiger partial charge < -0.3 is 15.4 Å². The molecule has 1 heterocycles. The molecule has 0 aromatic heterocycles. The second-order valence-corrected chi connectivity index (χ2v) is 4.92. The first kappa shape index (κ1) is 15.4. The molecule has 0 spiro atoms. The molecule has 1 aromatic rings. The molecule has 1 atom stereocenters. The second-order valence-electron chi connectivity index (χ2n) is 4.92. The molecule has 0 radical (unpaired) electrons. The zero-order chi connectivity index (χ0) is 15.8. The molecule has 0 unspecified atom stereocenters. The summed E-state index contributed by atoms with van der Waals surface area (Å²) in [6.45, 7) is 1.21. The molecule has 9 heteroatoms. The van der Waals surface area contributed by atoms with Crippen molar-refractivity contribution in [2.45, 2.75) is 18.7 Å². The molecule has 0 bridgehead atoms. The lowest BCUT2D eigenvalue weighted by atomic mass is 10.1. The topological polar surface area (TPSA) is 81.6 Å². The van der Waals surface area contributed by atoms with Crippen molar-refractivity contribution in [3.63, 3.8) is 0 Å². The third-order valence-corrected chi connectivity index (χ3v) is 3.31. The van der Waals surface area contributed by atoms with E-state index in [2.05, 4.69) is 0 Å². The number of halogens is 3. The van der Waals surface area contributed by atoms with Crippen LogP contribution in [0.1, 0.15) is 12.0 Å². The molecular weight excluding hydrogens is 291 g/mol. The van der Waals surface area contributed by atoms with Crippen LogP contribution in [-0.2, 0) is 6.18 Å². The maximum Gasteiger partial charge on any atom is 0.422 e. The van der Waals surface area contributed by atoms with Gasteiger partial charge in [-0.25, -0.2) is 0 Å². The van der Waals surface area contributed by atoms with Gasteiger partial charge in [-0.1, -0.05) is 0 Å². The van der Waals surface area contributed by atoms with E-state index in [0.717, 1.165) is 12.1 Å². The first-order valence-electron chi connectivity index (χ1n) is 6.19. The van der Waals surface area contributed by atoms with Crippen LogP contribution >= 0.6 is 0 Å². The number of nitro groups is 1. The van der Waals surface area contributed by atoms with Crippen molar-refractivity contribution in [3.8, 4) is 5.75 Å². The number of hydrogen-bond acceptors (Lipinski definition) is 5. The standard InChI is InChI=1S/C12H14F3N3O3/c1-17-5-4-7(6-17)21-9-3-2-8(18(19)20)11(16)10(9)12(13,14)15/h2-3,7H,4-6,16H2,1H3/t7-/m1/s1. The van der Waals surface area contributed by atoms with Crippen LogP contribution in [0.2, 0.25) is 0 Å². The van der Waals surface area contributed by atoms with Gasteiger partial charge in [0.05, 0.1) is 4.92 Å². The summed E-state index contributed by atoms with van der Waals surface area (Å²) < 4.78 is 44.7. The summed E-state index contributed by atoms with van der Waals surface area (Å²) in [5, 5.41) is 10.7. The second kappa shape index (κ2) is 5.40. The SMILES string of the molecule is CN1CC[C@@H](Oc2ccc([N+](=O)[O-])c(N)c2C(F)(F)F)C1. The molecule has 0 amide bonds. The van der Waals surface area contributed by atoms with E-state index in [4.69, 9.17) is 10.5 Å². The van der Waals surface area contributed by atoms with Crippen LogP contribution in [0.15, 0.2) is 12.1 Å². The molecule has 1 aliphatic heterocycles. The minimum atomic E-state index is -4.82. The molecular formula is C12H14F3N3O3. The largest absolute Gasteiger partial charge is 0.488 e. The van der Waals surface area contributed by atoms with E-state index in [0.29, 0.717) is 19.5 Å². The predicted octanol–water partition coefficient (Wildman–Crippen LogP) is 2.28. The Morgan fingerprint density at radius 1 is 1.48 bits per heavy atom. The zero-order valence-electron chi connectivity index (χ0n) is 11.2. The van der Waals surface area contributed by atoms with Gasteiger partial charge in [-0.15, -0.1) is 0 Å². The maximum absolute atomic E-state index is 13.1. The lowest BCUT2D eigenvalue weighted by Crippen LogP contribution is -2.23. The molecule has 21 heavy (non-hydrogen) atoms. The predicted molar refractivity (Wildman–Crippen MR) is 69.0 cm³/mol. The van der Waals surface area contributed by atoms with Gasteiger partial charge in [0.25, 0.3) is 5.69 Å². The van der Waals surface area contributed by atoms with E-state index < -0.39 is 39.9 Å². The average Bonchev–Trinajstić information content (AvgIpc) is 2.72. The third kappa shape index (κ3) is 3.18. The minimum Gasteiger partial charge on any atom is -0.488 e. The van der Waals surface area contributed by atoms with Crippen molar-refractivity contribution in [1.29, 1.82) is 0 Å². The summed E-state index contributed by atoms with van der Waals surface area (Å²) in [5.74, 6) is -0.467. The first-order valence-corrected chi connectivity index (χ1v) is 6.19. The van der Waals surface area contributed by atoms with Crippen molar-refractivity contribution in [1.82, 2.24) is 4.90 Å². The summed E-state index contributed by atoms with van der Waals surface area (Å²) in [7, 11) is 1.83. The molecule has 1 saturated heterocycles. The van der Waals surface area contributed by atoms with Gasteiger partial charge in [0.15, 0.2) is 0 Å². The van der Waals surface area contributed by atoms with E-state index in [1.165, 1.54) is 0 Å². The molecule has 116 valence electrons. The highest BCUT2D eigenvalue weighted by Gasteiger charge is 2.40. The number of benzene rings is 1. The zero-order valence-corrected chi connectivity index (χ0v) is 11.2. The Bertz CT molecular complexity index is 563. The fraction of sp³-hybridized carbons (Fsp3) is 0.500. The van der Waals surface area contributed by atoms with Crippen LogP contribution in [0.5, 0.6) is 5.75 Å². The maximum atomic E-state index is 13.1. The third-order valence-electron chi connectivity index (χ3n) is 3.31. The summed E-state index contributed by atoms with van der Waals surface area (Å²) >= 11 is 0. The van der Waals surface area contributed by atoms with Crippen molar-refractivity contribution in [3.05, 3.63) is 27.8 Å². The summed E-state index contributed by atoms with van der Waals surface area (Å²) in [6.07, 6.45) is -4.63. The van der Waals surface area contributed by atoms with Gasteiger partial charge >= 0.3 is 6.18 Å². The van der Waals surface area contributed by atoms with Crippen molar-refractivity contribution >= 4 is 11.4 Å². The Balaban J connectivity index is 2.41. The van der Waals surface area contributed by atoms with Crippen LogP contribution < -0.4 is 10.5 Å². The van der Waals surface area contributed by atoms with Crippen molar-refractivity contribution < 1.29 is 22.8 Å². The molecule has 1 fully saturated rings. The number of hydrogen-bond donors (Lipinski definition) is 1. The lowest BCUT2D eigenvalue weighted by Gasteiger charge is -2.19. The van der Waals surface area contributed by atoms with Gasteiger partial charge in [0.2, 0.25) is 0 Å². The Morgan fingerprint density at radius 2 is 2.14 bits per heavy atom. The van der Waals surface area contributed by atoms with E-state index in [9.17, 15) is 23.3 Å². The number of rotatable bonds is 3. The van der Waals surface area contributed by atoms with E-state index >= 15 is 0 Å². The number of nitrogens with zero attached hydrogens (tertiary/aromatic N) is 2. The smallest absolute Gasteiger partial charge is 0.422 e. The van der Waals surface area contributed by atoms with Gasteiger partial charge in [0, 0.05) is 19.2 Å². The highest BCUT2D eigenvalue weighted by atomic mass is 19.4. The molecule has 1 aliphatic rings. The number of ether oxygens (including phenoxy) is 1. The van der Waals surface area contributed by atoms with E-state index in [1.807, 2.05) is 11.9 Å². The van der Waals surface area contributed by atoms with E-state index in [-0.39, 0.29) is 0 Å². The Labute approximate surface area is 118 Å². The van der Waals surface area contributed by atoms with Crippen molar-refractivity contribution in [2.24, 2.45) is 0 Å². The van der Waals surface area contributed by atoms with Gasteiger partial charge in [-0.3, -0.25) is 10.1 Å². The molecule has 2 rings (SSSR count). The van der Waals surface area contributed by atoms with Crippen LogP contribution in [0.3, 0.4) is 0 Å². The van der Waals surface area contributed by atoms with Crippen LogP contribution in [0, 0.1) is 10.1 Å². The van der Waals surface area contributed by atoms with Crippen LogP contribution in [0.4, 0.5) is 24.5 Å². The number of anilines is 1. The highest BCUT2D eigenvalue weighted by molar-refractivity contribution is 5.68.